The summed E-state index contributed by atoms with van der Waals surface area (Å²) in [6.45, 7) is 2.00. The molecule has 0 radical (unpaired) electrons. The van der Waals surface area contributed by atoms with Crippen LogP contribution in [0.15, 0.2) is 73.3 Å². The van der Waals surface area contributed by atoms with E-state index in [4.69, 9.17) is 22.9 Å². The molecule has 0 unspecified atom stereocenters. The molecule has 8 heteroatoms. The molecule has 0 aliphatic carbocycles. The second kappa shape index (κ2) is 9.52. The summed E-state index contributed by atoms with van der Waals surface area (Å²) in [5, 5.41) is 0. The van der Waals surface area contributed by atoms with Gasteiger partial charge in [-0.3, -0.25) is 10.3 Å². The lowest BCUT2D eigenvalue weighted by atomic mass is 10.2. The monoisotopic (exact) mass is 365 g/mol. The van der Waals surface area contributed by atoms with E-state index in [2.05, 4.69) is 15.0 Å². The van der Waals surface area contributed by atoms with Crippen LogP contribution in [-0.4, -0.2) is 14.5 Å². The molecule has 0 aliphatic heterocycles. The molecule has 4 aromatic rings. The van der Waals surface area contributed by atoms with E-state index in [0.717, 1.165) is 16.9 Å². The number of imidazole rings is 2. The zero-order valence-corrected chi connectivity index (χ0v) is 15.1. The van der Waals surface area contributed by atoms with Gasteiger partial charge in [-0.15, -0.1) is 0 Å². The van der Waals surface area contributed by atoms with Crippen molar-refractivity contribution in [3.05, 3.63) is 78.9 Å². The lowest BCUT2D eigenvalue weighted by molar-refractivity contribution is -0.357. The number of hydrogen-bond donors (Lipinski definition) is 5. The summed E-state index contributed by atoms with van der Waals surface area (Å²) in [6.07, 6.45) is 6.88. The smallest absolute Gasteiger partial charge is 0.350 e. The van der Waals surface area contributed by atoms with Crippen molar-refractivity contribution in [2.45, 2.75) is 6.92 Å². The van der Waals surface area contributed by atoms with E-state index in [-0.39, 0.29) is 0 Å². The number of rotatable bonds is 1. The number of nitrogens with two attached hydrogens (primary N) is 4. The standard InChI is InChI=1S/C9H10N4.C7H9N.C3H5N3/c10-7-3-1-2-4-8(7)13-6-5-12-9(13)11;1-6-4-2-3-5-7(6)8;4-3-5-1-2-6-3/h1-6H,10H2,(H2,11,12);2-5H,8H2,1H3;1-2H,(H3,4,5,6)/p+1. The van der Waals surface area contributed by atoms with Crippen molar-refractivity contribution < 1.29 is 4.98 Å². The third-order valence-electron chi connectivity index (χ3n) is 3.62. The van der Waals surface area contributed by atoms with Crippen molar-refractivity contribution >= 4 is 23.3 Å². The Kier molecular flexibility index (Phi) is 6.83. The number of hydrogen-bond acceptors (Lipinski definition) is 5. The number of para-hydroxylation sites is 3. The van der Waals surface area contributed by atoms with Gasteiger partial charge in [0.15, 0.2) is 0 Å². The topological polar surface area (TPSA) is 152 Å². The maximum atomic E-state index is 5.78. The molecule has 2 aromatic heterocycles. The Balaban J connectivity index is 0.000000159. The van der Waals surface area contributed by atoms with Crippen molar-refractivity contribution in [2.24, 2.45) is 0 Å². The second-order valence-corrected chi connectivity index (χ2v) is 5.61. The molecule has 4 rings (SSSR count). The van der Waals surface area contributed by atoms with Crippen molar-refractivity contribution in [1.29, 1.82) is 0 Å². The number of aromatic nitrogens is 4. The highest BCUT2D eigenvalue weighted by Crippen LogP contribution is 2.18. The normalized spacial score (nSPS) is 9.52. The Hall–Kier alpha value is -3.94. The highest BCUT2D eigenvalue weighted by molar-refractivity contribution is 5.59. The van der Waals surface area contributed by atoms with E-state index in [1.54, 1.807) is 29.4 Å². The average Bonchev–Trinajstić information content (AvgIpc) is 3.30. The molecular formula is C19H25N8+. The number of H-pyrrole nitrogens is 2. The zero-order valence-electron chi connectivity index (χ0n) is 15.1. The summed E-state index contributed by atoms with van der Waals surface area (Å²) < 4.78 is 1.75. The largest absolute Gasteiger partial charge is 0.399 e. The maximum Gasteiger partial charge on any atom is 0.350 e. The minimum Gasteiger partial charge on any atom is -0.399 e. The number of aromatic amines is 2. The minimum absolute atomic E-state index is 0.443. The molecule has 8 nitrogen and oxygen atoms in total. The number of nitrogens with one attached hydrogen (secondary N) is 2. The zero-order chi connectivity index (χ0) is 19.6. The van der Waals surface area contributed by atoms with E-state index in [1.165, 1.54) is 0 Å². The SMILES string of the molecule is Cc1ccccc1N.Nc1[nH]cc[nH+]1.Nc1ccccc1-n1ccnc1N. The lowest BCUT2D eigenvalue weighted by Crippen LogP contribution is -2.03. The minimum atomic E-state index is 0.443. The molecule has 0 saturated carbocycles. The van der Waals surface area contributed by atoms with E-state index in [0.29, 0.717) is 17.6 Å². The van der Waals surface area contributed by atoms with Gasteiger partial charge in [0.1, 0.15) is 0 Å². The van der Waals surface area contributed by atoms with Crippen molar-refractivity contribution in [3.8, 4) is 5.69 Å². The molecule has 10 N–H and O–H groups in total. The van der Waals surface area contributed by atoms with Gasteiger partial charge in [0.2, 0.25) is 5.95 Å². The van der Waals surface area contributed by atoms with Crippen LogP contribution >= 0.6 is 0 Å². The number of nitrogens with zero attached hydrogens (tertiary/aromatic N) is 2. The van der Waals surface area contributed by atoms with Gasteiger partial charge in [0.25, 0.3) is 0 Å². The summed E-state index contributed by atoms with van der Waals surface area (Å²) in [7, 11) is 0. The van der Waals surface area contributed by atoms with Gasteiger partial charge in [-0.1, -0.05) is 30.3 Å². The van der Waals surface area contributed by atoms with Gasteiger partial charge in [-0.05, 0) is 30.7 Å². The van der Waals surface area contributed by atoms with E-state index < -0.39 is 0 Å². The number of aryl methyl sites for hydroxylation is 1. The Labute approximate surface area is 157 Å². The maximum absolute atomic E-state index is 5.78. The molecular weight excluding hydrogens is 340 g/mol. The van der Waals surface area contributed by atoms with Crippen LogP contribution in [0.3, 0.4) is 0 Å². The fourth-order valence-electron chi connectivity index (χ4n) is 2.12. The van der Waals surface area contributed by atoms with E-state index >= 15 is 0 Å². The molecule has 2 aromatic carbocycles. The summed E-state index contributed by atoms with van der Waals surface area (Å²) >= 11 is 0. The predicted molar refractivity (Wildman–Crippen MR) is 110 cm³/mol. The van der Waals surface area contributed by atoms with Crippen LogP contribution in [-0.2, 0) is 0 Å². The van der Waals surface area contributed by atoms with E-state index in [9.17, 15) is 0 Å². The second-order valence-electron chi connectivity index (χ2n) is 5.61. The average molecular weight is 365 g/mol. The fraction of sp³-hybridized carbons (Fsp3) is 0.0526. The molecule has 27 heavy (non-hydrogen) atoms. The molecule has 2 heterocycles. The van der Waals surface area contributed by atoms with Crippen LogP contribution in [0, 0.1) is 6.92 Å². The molecule has 0 amide bonds. The quantitative estimate of drug-likeness (QED) is 0.327. The van der Waals surface area contributed by atoms with Gasteiger partial charge < -0.3 is 17.2 Å². The summed E-state index contributed by atoms with van der Waals surface area (Å²) in [5.41, 5.74) is 25.7. The number of anilines is 4. The third kappa shape index (κ3) is 5.82. The molecule has 0 saturated heterocycles. The molecule has 0 aliphatic rings. The number of nitrogen functional groups attached to an aromatic ring is 4. The van der Waals surface area contributed by atoms with Crippen LogP contribution in [0.1, 0.15) is 5.56 Å². The van der Waals surface area contributed by atoms with Crippen molar-refractivity contribution in [1.82, 2.24) is 14.5 Å². The molecule has 140 valence electrons. The summed E-state index contributed by atoms with van der Waals surface area (Å²) in [4.78, 5) is 9.36. The Morgan fingerprint density at radius 1 is 0.926 bits per heavy atom. The first kappa shape index (κ1) is 19.4. The van der Waals surface area contributed by atoms with Gasteiger partial charge >= 0.3 is 5.95 Å². The van der Waals surface area contributed by atoms with Gasteiger partial charge in [-0.2, -0.15) is 0 Å². The highest BCUT2D eigenvalue weighted by atomic mass is 15.1. The molecule has 0 bridgehead atoms. The Bertz CT molecular complexity index is 923. The third-order valence-corrected chi connectivity index (χ3v) is 3.62. The molecule has 0 spiro atoms. The molecule has 0 fully saturated rings. The Morgan fingerprint density at radius 3 is 2.00 bits per heavy atom. The number of benzene rings is 2. The fourth-order valence-corrected chi connectivity index (χ4v) is 2.12. The summed E-state index contributed by atoms with van der Waals surface area (Å²) in [6, 6.07) is 15.3. The highest BCUT2D eigenvalue weighted by Gasteiger charge is 2.02. The van der Waals surface area contributed by atoms with Crippen LogP contribution in [0.25, 0.3) is 5.69 Å². The van der Waals surface area contributed by atoms with Crippen LogP contribution < -0.4 is 27.9 Å². The molecule has 0 atom stereocenters. The first-order valence-corrected chi connectivity index (χ1v) is 8.24. The van der Waals surface area contributed by atoms with Gasteiger partial charge in [0.05, 0.1) is 23.8 Å². The van der Waals surface area contributed by atoms with E-state index in [1.807, 2.05) is 55.5 Å². The van der Waals surface area contributed by atoms with Crippen molar-refractivity contribution in [2.75, 3.05) is 22.9 Å². The van der Waals surface area contributed by atoms with Crippen LogP contribution in [0.4, 0.5) is 23.3 Å². The summed E-state index contributed by atoms with van der Waals surface area (Å²) in [5.74, 6) is 1.04. The van der Waals surface area contributed by atoms with Crippen LogP contribution in [0.2, 0.25) is 0 Å². The predicted octanol–water partition coefficient (Wildman–Crippen LogP) is 2.02. The van der Waals surface area contributed by atoms with Crippen molar-refractivity contribution in [3.63, 3.8) is 0 Å². The first-order valence-electron chi connectivity index (χ1n) is 8.24. The lowest BCUT2D eigenvalue weighted by Gasteiger charge is -2.06. The van der Waals surface area contributed by atoms with Gasteiger partial charge in [0, 0.05) is 18.1 Å². The van der Waals surface area contributed by atoms with Crippen LogP contribution in [0.5, 0.6) is 0 Å². The van der Waals surface area contributed by atoms with Gasteiger partial charge in [-0.25, -0.2) is 15.0 Å². The first-order chi connectivity index (χ1) is 13.0. The Morgan fingerprint density at radius 2 is 1.59 bits per heavy atom.